The number of benzene rings is 2. The molecule has 0 aliphatic rings. The molecule has 0 fully saturated rings. The maximum atomic E-state index is 13.1. The third kappa shape index (κ3) is 6.77. The van der Waals surface area contributed by atoms with E-state index in [9.17, 15) is 34.8 Å². The van der Waals surface area contributed by atoms with Gasteiger partial charge in [0.15, 0.2) is 0 Å². The van der Waals surface area contributed by atoms with Crippen molar-refractivity contribution in [2.45, 2.75) is 25.0 Å². The van der Waals surface area contributed by atoms with Crippen molar-refractivity contribution in [1.82, 2.24) is 4.98 Å². The Morgan fingerprint density at radius 2 is 1.29 bits per heavy atom. The topological polar surface area (TPSA) is 59.1 Å². The Morgan fingerprint density at radius 3 is 1.79 bits per heavy atom. The van der Waals surface area contributed by atoms with E-state index in [2.05, 4.69) is 4.98 Å². The van der Waals surface area contributed by atoms with E-state index in [0.717, 1.165) is 0 Å². The molecule has 3 rings (SSSR count). The summed E-state index contributed by atoms with van der Waals surface area (Å²) in [5, 5.41) is 0.203. The first-order valence-electron chi connectivity index (χ1n) is 9.26. The third-order valence-corrected chi connectivity index (χ3v) is 6.10. The summed E-state index contributed by atoms with van der Waals surface area (Å²) < 4.78 is 105. The number of pyridine rings is 1. The van der Waals surface area contributed by atoms with Gasteiger partial charge in [-0.3, -0.25) is 4.72 Å². The standard InChI is InChI=1S/C21H14Cl2F6N2O2S/c1-11-2-12(4-13(3-11)14-5-18(22)30-19(23)6-14)10-34(32,33)31-17-8-15(20(24,25)26)7-16(9-17)21(27,28)29/h2-9,31H,10H2,1H3. The zero-order chi connectivity index (χ0) is 25.5. The van der Waals surface area contributed by atoms with Crippen molar-refractivity contribution in [2.24, 2.45) is 0 Å². The lowest BCUT2D eigenvalue weighted by Crippen LogP contribution is -2.17. The molecule has 0 atom stereocenters. The second-order valence-corrected chi connectivity index (χ2v) is 9.86. The summed E-state index contributed by atoms with van der Waals surface area (Å²) in [5.74, 6) is -0.716. The lowest BCUT2D eigenvalue weighted by molar-refractivity contribution is -0.143. The summed E-state index contributed by atoms with van der Waals surface area (Å²) in [7, 11) is -4.39. The SMILES string of the molecule is Cc1cc(CS(=O)(=O)Nc2cc(C(F)(F)F)cc(C(F)(F)F)c2)cc(-c2cc(Cl)nc(Cl)c2)c1. The van der Waals surface area contributed by atoms with Crippen LogP contribution in [-0.2, 0) is 28.1 Å². The number of aryl methyl sites for hydroxylation is 1. The molecule has 1 heterocycles. The van der Waals surface area contributed by atoms with Gasteiger partial charge in [-0.25, -0.2) is 13.4 Å². The van der Waals surface area contributed by atoms with Crippen molar-refractivity contribution < 1.29 is 34.8 Å². The number of halogens is 8. The van der Waals surface area contributed by atoms with E-state index >= 15 is 0 Å². The number of aromatic nitrogens is 1. The van der Waals surface area contributed by atoms with Crippen LogP contribution in [0.4, 0.5) is 32.0 Å². The van der Waals surface area contributed by atoms with Gasteiger partial charge in [0.25, 0.3) is 0 Å². The summed E-state index contributed by atoms with van der Waals surface area (Å²) >= 11 is 11.8. The van der Waals surface area contributed by atoms with Crippen LogP contribution in [0.25, 0.3) is 11.1 Å². The van der Waals surface area contributed by atoms with Crippen molar-refractivity contribution in [3.05, 3.63) is 81.1 Å². The fourth-order valence-electron chi connectivity index (χ4n) is 3.19. The van der Waals surface area contributed by atoms with Crippen molar-refractivity contribution in [1.29, 1.82) is 0 Å². The predicted molar refractivity (Wildman–Crippen MR) is 117 cm³/mol. The molecule has 34 heavy (non-hydrogen) atoms. The van der Waals surface area contributed by atoms with E-state index < -0.39 is 44.9 Å². The molecule has 0 aliphatic heterocycles. The molecule has 1 N–H and O–H groups in total. The number of alkyl halides is 6. The molecule has 4 nitrogen and oxygen atoms in total. The van der Waals surface area contributed by atoms with Crippen molar-refractivity contribution >= 4 is 38.9 Å². The number of nitrogens with one attached hydrogen (secondary N) is 1. The van der Waals surface area contributed by atoms with Crippen LogP contribution in [0.5, 0.6) is 0 Å². The van der Waals surface area contributed by atoms with Crippen LogP contribution < -0.4 is 4.72 Å². The highest BCUT2D eigenvalue weighted by atomic mass is 35.5. The summed E-state index contributed by atoms with van der Waals surface area (Å²) in [6, 6.07) is 8.23. The summed E-state index contributed by atoms with van der Waals surface area (Å²) in [4.78, 5) is 3.82. The number of hydrogen-bond acceptors (Lipinski definition) is 3. The molecule has 0 saturated carbocycles. The molecule has 0 aliphatic carbocycles. The van der Waals surface area contributed by atoms with E-state index in [0.29, 0.717) is 28.8 Å². The molecular formula is C21H14Cl2F6N2O2S. The van der Waals surface area contributed by atoms with Gasteiger partial charge in [-0.2, -0.15) is 26.3 Å². The van der Waals surface area contributed by atoms with Crippen LogP contribution >= 0.6 is 23.2 Å². The van der Waals surface area contributed by atoms with Gasteiger partial charge in [0.05, 0.1) is 16.9 Å². The second-order valence-electron chi connectivity index (χ2n) is 7.36. The van der Waals surface area contributed by atoms with Gasteiger partial charge in [-0.1, -0.05) is 47.0 Å². The fraction of sp³-hybridized carbons (Fsp3) is 0.190. The van der Waals surface area contributed by atoms with Crippen LogP contribution in [0.15, 0.2) is 48.5 Å². The molecule has 3 aromatic rings. The molecular weight excluding hydrogens is 529 g/mol. The molecule has 0 unspecified atom stereocenters. The van der Waals surface area contributed by atoms with Crippen molar-refractivity contribution in [3.63, 3.8) is 0 Å². The Labute approximate surface area is 200 Å². The highest BCUT2D eigenvalue weighted by molar-refractivity contribution is 7.91. The van der Waals surface area contributed by atoms with E-state index in [1.165, 1.54) is 24.3 Å². The fourth-order valence-corrected chi connectivity index (χ4v) is 4.81. The van der Waals surface area contributed by atoms with E-state index in [1.54, 1.807) is 13.0 Å². The smallest absolute Gasteiger partial charge is 0.283 e. The molecule has 182 valence electrons. The van der Waals surface area contributed by atoms with Crippen LogP contribution in [-0.4, -0.2) is 13.4 Å². The van der Waals surface area contributed by atoms with E-state index in [-0.39, 0.29) is 21.9 Å². The molecule has 0 amide bonds. The molecule has 13 heteroatoms. The third-order valence-electron chi connectivity index (χ3n) is 4.45. The minimum absolute atomic E-state index is 0.0877. The Hall–Kier alpha value is -2.50. The normalized spacial score (nSPS) is 12.6. The zero-order valence-electron chi connectivity index (χ0n) is 17.0. The first-order chi connectivity index (χ1) is 15.5. The van der Waals surface area contributed by atoms with Crippen molar-refractivity contribution in [2.75, 3.05) is 4.72 Å². The zero-order valence-corrected chi connectivity index (χ0v) is 19.3. The largest absolute Gasteiger partial charge is 0.416 e. The molecule has 2 aromatic carbocycles. The maximum absolute atomic E-state index is 13.1. The van der Waals surface area contributed by atoms with Gasteiger partial charge < -0.3 is 0 Å². The van der Waals surface area contributed by atoms with Crippen LogP contribution in [0.2, 0.25) is 10.3 Å². The average Bonchev–Trinajstić information content (AvgIpc) is 2.64. The van der Waals surface area contributed by atoms with Crippen LogP contribution in [0.3, 0.4) is 0 Å². The van der Waals surface area contributed by atoms with Crippen LogP contribution in [0.1, 0.15) is 22.3 Å². The molecule has 0 radical (unpaired) electrons. The maximum Gasteiger partial charge on any atom is 0.416 e. The number of rotatable bonds is 5. The monoisotopic (exact) mass is 542 g/mol. The lowest BCUT2D eigenvalue weighted by atomic mass is 10.0. The highest BCUT2D eigenvalue weighted by Crippen LogP contribution is 2.38. The summed E-state index contributed by atoms with van der Waals surface area (Å²) in [5.41, 5.74) is -2.18. The van der Waals surface area contributed by atoms with Crippen molar-refractivity contribution in [3.8, 4) is 11.1 Å². The molecule has 1 aromatic heterocycles. The number of nitrogens with zero attached hydrogens (tertiary/aromatic N) is 1. The summed E-state index contributed by atoms with van der Waals surface area (Å²) in [6.45, 7) is 1.68. The Morgan fingerprint density at radius 1 is 0.794 bits per heavy atom. The first-order valence-corrected chi connectivity index (χ1v) is 11.7. The lowest BCUT2D eigenvalue weighted by Gasteiger charge is -2.16. The van der Waals surface area contributed by atoms with Gasteiger partial charge in [-0.05, 0) is 53.9 Å². The molecule has 0 spiro atoms. The second kappa shape index (κ2) is 9.27. The van der Waals surface area contributed by atoms with E-state index in [1.807, 2.05) is 4.72 Å². The van der Waals surface area contributed by atoms with E-state index in [4.69, 9.17) is 23.2 Å². The van der Waals surface area contributed by atoms with Gasteiger partial charge in [0, 0.05) is 5.69 Å². The van der Waals surface area contributed by atoms with Crippen LogP contribution in [0, 0.1) is 6.92 Å². The Bertz CT molecular complexity index is 1290. The Balaban J connectivity index is 1.95. The number of anilines is 1. The minimum Gasteiger partial charge on any atom is -0.283 e. The molecule has 0 bridgehead atoms. The van der Waals surface area contributed by atoms with Gasteiger partial charge >= 0.3 is 12.4 Å². The number of hydrogen-bond donors (Lipinski definition) is 1. The average molecular weight is 543 g/mol. The minimum atomic E-state index is -5.11. The highest BCUT2D eigenvalue weighted by Gasteiger charge is 2.37. The molecule has 0 saturated heterocycles. The van der Waals surface area contributed by atoms with Gasteiger partial charge in [0.2, 0.25) is 10.0 Å². The summed E-state index contributed by atoms with van der Waals surface area (Å²) in [6.07, 6.45) is -10.2. The number of sulfonamides is 1. The van der Waals surface area contributed by atoms with Gasteiger partial charge in [0.1, 0.15) is 10.3 Å². The van der Waals surface area contributed by atoms with Gasteiger partial charge in [-0.15, -0.1) is 0 Å². The quantitative estimate of drug-likeness (QED) is 0.271. The Kier molecular flexibility index (Phi) is 7.12. The first kappa shape index (κ1) is 26.1. The predicted octanol–water partition coefficient (Wildman–Crippen LogP) is 7.34.